The van der Waals surface area contributed by atoms with Gasteiger partial charge in [0.05, 0.1) is 17.7 Å². The number of rotatable bonds is 8. The van der Waals surface area contributed by atoms with Gasteiger partial charge in [-0.1, -0.05) is 26.8 Å². The number of benzene rings is 1. The van der Waals surface area contributed by atoms with Crippen LogP contribution in [0.15, 0.2) is 22.7 Å². The molecule has 5 heteroatoms. The van der Waals surface area contributed by atoms with Crippen molar-refractivity contribution in [1.29, 1.82) is 0 Å². The van der Waals surface area contributed by atoms with E-state index in [0.29, 0.717) is 32.5 Å². The fourth-order valence-electron chi connectivity index (χ4n) is 2.23. The average molecular weight is 386 g/mol. The van der Waals surface area contributed by atoms with Gasteiger partial charge in [-0.15, -0.1) is 0 Å². The minimum Gasteiger partial charge on any atom is -0.492 e. The van der Waals surface area contributed by atoms with Gasteiger partial charge in [-0.05, 0) is 52.4 Å². The van der Waals surface area contributed by atoms with Crippen molar-refractivity contribution in [2.24, 2.45) is 0 Å². The van der Waals surface area contributed by atoms with E-state index in [1.807, 2.05) is 13.0 Å². The van der Waals surface area contributed by atoms with Crippen LogP contribution in [0.4, 0.5) is 0 Å². The molecule has 0 aliphatic heterocycles. The standard InChI is InChI=1S/C18H28BrNO3/c1-5-20(10-11-21)17(22)7-6-12-23-16-9-8-14(13-15(16)19)18(2,3)4/h8-9,13,21H,5-7,10-12H2,1-4H3. The van der Waals surface area contributed by atoms with Crippen LogP contribution in [0.3, 0.4) is 0 Å². The largest absolute Gasteiger partial charge is 0.492 e. The van der Waals surface area contributed by atoms with Crippen LogP contribution in [0.5, 0.6) is 5.75 Å². The zero-order chi connectivity index (χ0) is 17.5. The minimum absolute atomic E-state index is 0.00313. The summed E-state index contributed by atoms with van der Waals surface area (Å²) >= 11 is 3.55. The van der Waals surface area contributed by atoms with Crippen molar-refractivity contribution in [3.05, 3.63) is 28.2 Å². The van der Waals surface area contributed by atoms with Crippen molar-refractivity contribution in [3.8, 4) is 5.75 Å². The van der Waals surface area contributed by atoms with Gasteiger partial charge in [-0.3, -0.25) is 4.79 Å². The third-order valence-electron chi connectivity index (χ3n) is 3.69. The summed E-state index contributed by atoms with van der Waals surface area (Å²) in [5, 5.41) is 8.92. The first-order chi connectivity index (χ1) is 10.8. The number of ether oxygens (including phenoxy) is 1. The highest BCUT2D eigenvalue weighted by atomic mass is 79.9. The molecular weight excluding hydrogens is 358 g/mol. The Balaban J connectivity index is 2.46. The van der Waals surface area contributed by atoms with Gasteiger partial charge in [-0.25, -0.2) is 0 Å². The fourth-order valence-corrected chi connectivity index (χ4v) is 2.72. The van der Waals surface area contributed by atoms with E-state index in [9.17, 15) is 4.79 Å². The van der Waals surface area contributed by atoms with Gasteiger partial charge in [0, 0.05) is 19.5 Å². The summed E-state index contributed by atoms with van der Waals surface area (Å²) < 4.78 is 6.70. The lowest BCUT2D eigenvalue weighted by Crippen LogP contribution is -2.33. The Morgan fingerprint density at radius 1 is 1.35 bits per heavy atom. The molecule has 0 bridgehead atoms. The Hall–Kier alpha value is -1.07. The number of aliphatic hydroxyl groups excluding tert-OH is 1. The molecule has 0 radical (unpaired) electrons. The van der Waals surface area contributed by atoms with Crippen molar-refractivity contribution in [1.82, 2.24) is 4.90 Å². The van der Waals surface area contributed by atoms with Crippen LogP contribution in [0.1, 0.15) is 46.1 Å². The maximum atomic E-state index is 11.9. The van der Waals surface area contributed by atoms with E-state index in [1.54, 1.807) is 4.90 Å². The number of carbonyl (C=O) groups excluding carboxylic acids is 1. The molecule has 0 saturated heterocycles. The van der Waals surface area contributed by atoms with Crippen LogP contribution < -0.4 is 4.74 Å². The van der Waals surface area contributed by atoms with Crippen LogP contribution in [-0.2, 0) is 10.2 Å². The number of likely N-dealkylation sites (N-methyl/N-ethyl adjacent to an activating group) is 1. The number of amides is 1. The van der Waals surface area contributed by atoms with Gasteiger partial charge in [-0.2, -0.15) is 0 Å². The Labute approximate surface area is 148 Å². The molecule has 0 atom stereocenters. The molecule has 0 saturated carbocycles. The molecule has 130 valence electrons. The quantitative estimate of drug-likeness (QED) is 0.693. The molecule has 1 aromatic carbocycles. The summed E-state index contributed by atoms with van der Waals surface area (Å²) in [6.07, 6.45) is 1.10. The number of hydrogen-bond donors (Lipinski definition) is 1. The highest BCUT2D eigenvalue weighted by molar-refractivity contribution is 9.10. The maximum absolute atomic E-state index is 11.9. The smallest absolute Gasteiger partial charge is 0.222 e. The van der Waals surface area contributed by atoms with Gasteiger partial charge >= 0.3 is 0 Å². The lowest BCUT2D eigenvalue weighted by atomic mass is 9.87. The summed E-state index contributed by atoms with van der Waals surface area (Å²) in [6, 6.07) is 6.13. The van der Waals surface area contributed by atoms with Gasteiger partial charge in [0.15, 0.2) is 0 Å². The second kappa shape index (κ2) is 9.28. The zero-order valence-electron chi connectivity index (χ0n) is 14.6. The molecular formula is C18H28BrNO3. The van der Waals surface area contributed by atoms with Crippen LogP contribution in [0.25, 0.3) is 0 Å². The summed E-state index contributed by atoms with van der Waals surface area (Å²) in [6.45, 7) is 9.96. The monoisotopic (exact) mass is 385 g/mol. The number of carbonyl (C=O) groups is 1. The molecule has 0 heterocycles. The van der Waals surface area contributed by atoms with E-state index < -0.39 is 0 Å². The second-order valence-electron chi connectivity index (χ2n) is 6.54. The number of halogens is 1. The fraction of sp³-hybridized carbons (Fsp3) is 0.611. The molecule has 0 aliphatic rings. The Morgan fingerprint density at radius 3 is 2.57 bits per heavy atom. The molecule has 1 rings (SSSR count). The SMILES string of the molecule is CCN(CCO)C(=O)CCCOc1ccc(C(C)(C)C)cc1Br. The molecule has 0 unspecified atom stereocenters. The van der Waals surface area contributed by atoms with Crippen LogP contribution in [0, 0.1) is 0 Å². The van der Waals surface area contributed by atoms with Crippen LogP contribution >= 0.6 is 15.9 Å². The number of hydrogen-bond acceptors (Lipinski definition) is 3. The van der Waals surface area contributed by atoms with E-state index in [2.05, 4.69) is 48.8 Å². The summed E-state index contributed by atoms with van der Waals surface area (Å²) in [7, 11) is 0. The first kappa shape index (κ1) is 20.0. The molecule has 1 aromatic rings. The van der Waals surface area contributed by atoms with Crippen molar-refractivity contribution < 1.29 is 14.6 Å². The van der Waals surface area contributed by atoms with Crippen molar-refractivity contribution in [2.45, 2.75) is 46.0 Å². The van der Waals surface area contributed by atoms with Crippen molar-refractivity contribution in [3.63, 3.8) is 0 Å². The molecule has 4 nitrogen and oxygen atoms in total. The number of nitrogens with zero attached hydrogens (tertiary/aromatic N) is 1. The van der Waals surface area contributed by atoms with Gasteiger partial charge < -0.3 is 14.7 Å². The van der Waals surface area contributed by atoms with E-state index in [-0.39, 0.29) is 17.9 Å². The summed E-state index contributed by atoms with van der Waals surface area (Å²) in [4.78, 5) is 13.6. The lowest BCUT2D eigenvalue weighted by Gasteiger charge is -2.20. The van der Waals surface area contributed by atoms with E-state index in [0.717, 1.165) is 10.2 Å². The van der Waals surface area contributed by atoms with Crippen molar-refractivity contribution in [2.75, 3.05) is 26.3 Å². The normalized spacial score (nSPS) is 11.4. The zero-order valence-corrected chi connectivity index (χ0v) is 16.1. The molecule has 1 N–H and O–H groups in total. The van der Waals surface area contributed by atoms with Crippen LogP contribution in [0.2, 0.25) is 0 Å². The van der Waals surface area contributed by atoms with Gasteiger partial charge in [0.1, 0.15) is 5.75 Å². The maximum Gasteiger partial charge on any atom is 0.222 e. The molecule has 23 heavy (non-hydrogen) atoms. The molecule has 1 amide bonds. The Bertz CT molecular complexity index is 511. The predicted molar refractivity (Wildman–Crippen MR) is 96.9 cm³/mol. The third kappa shape index (κ3) is 6.51. The first-order valence-electron chi connectivity index (χ1n) is 8.11. The lowest BCUT2D eigenvalue weighted by molar-refractivity contribution is -0.131. The highest BCUT2D eigenvalue weighted by Crippen LogP contribution is 2.31. The molecule has 0 fully saturated rings. The first-order valence-corrected chi connectivity index (χ1v) is 8.90. The Kier molecular flexibility index (Phi) is 8.06. The summed E-state index contributed by atoms with van der Waals surface area (Å²) in [5.41, 5.74) is 1.35. The topological polar surface area (TPSA) is 49.8 Å². The molecule has 0 spiro atoms. The van der Waals surface area contributed by atoms with E-state index in [4.69, 9.17) is 9.84 Å². The molecule has 0 aliphatic carbocycles. The van der Waals surface area contributed by atoms with E-state index in [1.165, 1.54) is 5.56 Å². The van der Waals surface area contributed by atoms with Crippen LogP contribution in [-0.4, -0.2) is 42.2 Å². The second-order valence-corrected chi connectivity index (χ2v) is 7.40. The molecule has 0 aromatic heterocycles. The minimum atomic E-state index is 0.00313. The van der Waals surface area contributed by atoms with Crippen molar-refractivity contribution >= 4 is 21.8 Å². The van der Waals surface area contributed by atoms with Gasteiger partial charge in [0.25, 0.3) is 0 Å². The third-order valence-corrected chi connectivity index (χ3v) is 4.31. The average Bonchev–Trinajstić information content (AvgIpc) is 2.49. The summed E-state index contributed by atoms with van der Waals surface area (Å²) in [5.74, 6) is 0.862. The van der Waals surface area contributed by atoms with Gasteiger partial charge in [0.2, 0.25) is 5.91 Å². The predicted octanol–water partition coefficient (Wildman–Crippen LogP) is 3.75. The Morgan fingerprint density at radius 2 is 2.04 bits per heavy atom. The van der Waals surface area contributed by atoms with E-state index >= 15 is 0 Å². The highest BCUT2D eigenvalue weighted by Gasteiger charge is 2.15. The number of aliphatic hydroxyl groups is 1.